The van der Waals surface area contributed by atoms with Crippen molar-refractivity contribution in [3.63, 3.8) is 0 Å². The van der Waals surface area contributed by atoms with Gasteiger partial charge in [0.15, 0.2) is 5.11 Å². The van der Waals surface area contributed by atoms with Crippen LogP contribution < -0.4 is 15.5 Å². The first kappa shape index (κ1) is 14.4. The summed E-state index contributed by atoms with van der Waals surface area (Å²) in [6.07, 6.45) is 0. The summed E-state index contributed by atoms with van der Waals surface area (Å²) in [6, 6.07) is 3.62. The highest BCUT2D eigenvalue weighted by atomic mass is 32.1. The number of amides is 1. The number of hydrogen-bond acceptors (Lipinski definition) is 4. The molecule has 1 aromatic rings. The highest BCUT2D eigenvalue weighted by Crippen LogP contribution is 2.07. The number of morpholine rings is 1. The molecule has 1 aliphatic heterocycles. The number of thiocarbonyl (C=S) groups is 1. The summed E-state index contributed by atoms with van der Waals surface area (Å²) in [5.74, 6) is -0.147. The topological polar surface area (TPSA) is 54.8 Å². The minimum atomic E-state index is -0.147. The zero-order valence-corrected chi connectivity index (χ0v) is 12.2. The van der Waals surface area contributed by atoms with Crippen LogP contribution in [0.25, 0.3) is 0 Å². The smallest absolute Gasteiger partial charge is 0.267 e. The zero-order valence-electron chi connectivity index (χ0n) is 10.6. The van der Waals surface area contributed by atoms with Gasteiger partial charge in [-0.25, -0.2) is 0 Å². The first-order chi connectivity index (χ1) is 9.25. The van der Waals surface area contributed by atoms with Crippen molar-refractivity contribution >= 4 is 34.6 Å². The molecular weight excluding hydrogens is 282 g/mol. The van der Waals surface area contributed by atoms with Gasteiger partial charge < -0.3 is 15.0 Å². The van der Waals surface area contributed by atoms with Gasteiger partial charge in [0.2, 0.25) is 0 Å². The van der Waals surface area contributed by atoms with E-state index in [0.717, 1.165) is 39.4 Å². The van der Waals surface area contributed by atoms with Crippen LogP contribution in [0.5, 0.6) is 0 Å². The lowest BCUT2D eigenvalue weighted by atomic mass is 10.4. The van der Waals surface area contributed by atoms with Gasteiger partial charge in [-0.3, -0.25) is 10.1 Å². The van der Waals surface area contributed by atoms with Crippen molar-refractivity contribution in [3.05, 3.63) is 22.4 Å². The second-order valence-electron chi connectivity index (χ2n) is 4.30. The Morgan fingerprint density at radius 3 is 2.95 bits per heavy atom. The van der Waals surface area contributed by atoms with Gasteiger partial charge in [-0.15, -0.1) is 11.3 Å². The van der Waals surface area contributed by atoms with Gasteiger partial charge in [-0.2, -0.15) is 0 Å². The minimum absolute atomic E-state index is 0.147. The number of carbonyl (C=O) groups is 1. The molecule has 0 radical (unpaired) electrons. The van der Waals surface area contributed by atoms with Crippen molar-refractivity contribution in [1.29, 1.82) is 0 Å². The van der Waals surface area contributed by atoms with Crippen LogP contribution in [-0.4, -0.2) is 50.4 Å². The van der Waals surface area contributed by atoms with Gasteiger partial charge in [0, 0.05) is 0 Å². The van der Waals surface area contributed by atoms with Crippen LogP contribution in [0.3, 0.4) is 0 Å². The van der Waals surface area contributed by atoms with Crippen molar-refractivity contribution in [1.82, 2.24) is 10.6 Å². The number of ether oxygens (including phenoxy) is 1. The Morgan fingerprint density at radius 2 is 2.26 bits per heavy atom. The van der Waals surface area contributed by atoms with Gasteiger partial charge in [-0.05, 0) is 23.7 Å². The SMILES string of the molecule is O=C(NC(=S)NCC[NH+]1CCOCC1)c1cccs1. The summed E-state index contributed by atoms with van der Waals surface area (Å²) in [6.45, 7) is 5.48. The summed E-state index contributed by atoms with van der Waals surface area (Å²) in [4.78, 5) is 13.9. The molecule has 0 aliphatic carbocycles. The lowest BCUT2D eigenvalue weighted by Gasteiger charge is -2.23. The lowest BCUT2D eigenvalue weighted by Crippen LogP contribution is -3.14. The molecule has 1 aliphatic rings. The number of hydrogen-bond donors (Lipinski definition) is 3. The van der Waals surface area contributed by atoms with Crippen molar-refractivity contribution in [2.75, 3.05) is 39.4 Å². The van der Waals surface area contributed by atoms with Gasteiger partial charge in [0.25, 0.3) is 5.91 Å². The average Bonchev–Trinajstić information content (AvgIpc) is 2.94. The van der Waals surface area contributed by atoms with E-state index in [1.807, 2.05) is 11.4 Å². The maximum absolute atomic E-state index is 11.7. The predicted molar refractivity (Wildman–Crippen MR) is 78.8 cm³/mol. The molecule has 3 N–H and O–H groups in total. The van der Waals surface area contributed by atoms with Crippen molar-refractivity contribution in [2.24, 2.45) is 0 Å². The molecule has 5 nitrogen and oxygen atoms in total. The van der Waals surface area contributed by atoms with E-state index in [4.69, 9.17) is 17.0 Å². The van der Waals surface area contributed by atoms with Crippen molar-refractivity contribution in [3.8, 4) is 0 Å². The highest BCUT2D eigenvalue weighted by molar-refractivity contribution is 7.80. The van der Waals surface area contributed by atoms with Gasteiger partial charge in [0.1, 0.15) is 13.1 Å². The van der Waals surface area contributed by atoms with Crippen molar-refractivity contribution < 1.29 is 14.4 Å². The molecule has 2 rings (SSSR count). The summed E-state index contributed by atoms with van der Waals surface area (Å²) >= 11 is 6.50. The first-order valence-electron chi connectivity index (χ1n) is 6.29. The summed E-state index contributed by atoms with van der Waals surface area (Å²) in [5, 5.41) is 8.01. The molecule has 104 valence electrons. The fraction of sp³-hybridized carbons (Fsp3) is 0.500. The molecule has 1 fully saturated rings. The van der Waals surface area contributed by atoms with E-state index in [1.165, 1.54) is 16.2 Å². The maximum Gasteiger partial charge on any atom is 0.267 e. The molecule has 0 aromatic carbocycles. The van der Waals surface area contributed by atoms with Crippen molar-refractivity contribution in [2.45, 2.75) is 0 Å². The Kier molecular flexibility index (Phi) is 5.71. The van der Waals surface area contributed by atoms with E-state index in [1.54, 1.807) is 6.07 Å². The normalized spacial score (nSPS) is 16.0. The third-order valence-corrected chi connectivity index (χ3v) is 4.05. The first-order valence-corrected chi connectivity index (χ1v) is 7.58. The Balaban J connectivity index is 1.63. The Bertz CT molecular complexity index is 417. The molecular formula is C12H18N3O2S2+. The molecule has 0 atom stereocenters. The number of rotatable bonds is 4. The Hall–Kier alpha value is -1.02. The average molecular weight is 300 g/mol. The monoisotopic (exact) mass is 300 g/mol. The third kappa shape index (κ3) is 4.87. The van der Waals surface area contributed by atoms with E-state index in [0.29, 0.717) is 9.99 Å². The number of thiophene rings is 1. The van der Waals surface area contributed by atoms with Crippen LogP contribution in [0.2, 0.25) is 0 Å². The van der Waals surface area contributed by atoms with E-state index < -0.39 is 0 Å². The van der Waals surface area contributed by atoms with E-state index in [9.17, 15) is 4.79 Å². The molecule has 1 aromatic heterocycles. The van der Waals surface area contributed by atoms with E-state index in [-0.39, 0.29) is 5.91 Å². The van der Waals surface area contributed by atoms with Gasteiger partial charge in [0.05, 0.1) is 31.2 Å². The molecule has 0 saturated carbocycles. The van der Waals surface area contributed by atoms with Crippen LogP contribution in [0.15, 0.2) is 17.5 Å². The second kappa shape index (κ2) is 7.54. The molecule has 0 unspecified atom stereocenters. The fourth-order valence-corrected chi connectivity index (χ4v) is 2.69. The summed E-state index contributed by atoms with van der Waals surface area (Å²) < 4.78 is 5.30. The molecule has 7 heteroatoms. The fourth-order valence-electron chi connectivity index (χ4n) is 1.88. The Morgan fingerprint density at radius 1 is 1.47 bits per heavy atom. The third-order valence-electron chi connectivity index (χ3n) is 2.94. The standard InChI is InChI=1S/C12H17N3O2S2/c16-11(10-2-1-9-19-10)14-12(18)13-3-4-15-5-7-17-8-6-15/h1-2,9H,3-8H2,(H2,13,14,16,18)/p+1. The molecule has 19 heavy (non-hydrogen) atoms. The Labute approximate surface area is 121 Å². The lowest BCUT2D eigenvalue weighted by molar-refractivity contribution is -0.906. The van der Waals surface area contributed by atoms with Gasteiger partial charge >= 0.3 is 0 Å². The van der Waals surface area contributed by atoms with E-state index >= 15 is 0 Å². The molecule has 2 heterocycles. The maximum atomic E-state index is 11.7. The second-order valence-corrected chi connectivity index (χ2v) is 5.66. The highest BCUT2D eigenvalue weighted by Gasteiger charge is 2.13. The minimum Gasteiger partial charge on any atom is -0.370 e. The van der Waals surface area contributed by atoms with Crippen LogP contribution in [0.1, 0.15) is 9.67 Å². The van der Waals surface area contributed by atoms with Crippen LogP contribution in [0, 0.1) is 0 Å². The largest absolute Gasteiger partial charge is 0.370 e. The van der Waals surface area contributed by atoms with E-state index in [2.05, 4.69) is 10.6 Å². The van der Waals surface area contributed by atoms with Crippen LogP contribution >= 0.6 is 23.6 Å². The quantitative estimate of drug-likeness (QED) is 0.642. The molecule has 0 bridgehead atoms. The summed E-state index contributed by atoms with van der Waals surface area (Å²) in [5.41, 5.74) is 0. The number of quaternary nitrogens is 1. The zero-order chi connectivity index (χ0) is 13.5. The predicted octanol–water partition coefficient (Wildman–Crippen LogP) is -0.732. The van der Waals surface area contributed by atoms with Gasteiger partial charge in [-0.1, -0.05) is 6.07 Å². The van der Waals surface area contributed by atoms with Crippen LogP contribution in [0.4, 0.5) is 0 Å². The van der Waals surface area contributed by atoms with Crippen LogP contribution in [-0.2, 0) is 4.74 Å². The number of carbonyl (C=O) groups excluding carboxylic acids is 1. The summed E-state index contributed by atoms with van der Waals surface area (Å²) in [7, 11) is 0. The molecule has 0 spiro atoms. The molecule has 1 saturated heterocycles. The number of nitrogens with one attached hydrogen (secondary N) is 3. The molecule has 1 amide bonds.